The number of nitrogens with zero attached hydrogens (tertiary/aromatic N) is 1. The summed E-state index contributed by atoms with van der Waals surface area (Å²) in [5.74, 6) is 1.41. The zero-order valence-electron chi connectivity index (χ0n) is 8.07. The maximum Gasteiger partial charge on any atom is 0.219 e. The first-order valence-corrected chi connectivity index (χ1v) is 5.10. The second kappa shape index (κ2) is 3.29. The Hall–Kier alpha value is -0.570. The highest BCUT2D eigenvalue weighted by atomic mass is 16.3. The molecule has 2 fully saturated rings. The van der Waals surface area contributed by atoms with Gasteiger partial charge < -0.3 is 10.0 Å². The monoisotopic (exact) mass is 183 g/mol. The Balaban J connectivity index is 1.98. The van der Waals surface area contributed by atoms with Crippen LogP contribution >= 0.6 is 0 Å². The molecule has 2 aliphatic rings. The summed E-state index contributed by atoms with van der Waals surface area (Å²) in [6.07, 6.45) is 2.80. The van der Waals surface area contributed by atoms with Gasteiger partial charge in [0.15, 0.2) is 0 Å². The maximum atomic E-state index is 11.1. The van der Waals surface area contributed by atoms with Crippen LogP contribution in [0, 0.1) is 11.8 Å². The zero-order chi connectivity index (χ0) is 9.42. The molecule has 1 amide bonds. The van der Waals surface area contributed by atoms with Gasteiger partial charge in [0.05, 0.1) is 6.10 Å². The van der Waals surface area contributed by atoms with Crippen LogP contribution < -0.4 is 0 Å². The minimum absolute atomic E-state index is 0.117. The first-order chi connectivity index (χ1) is 6.16. The van der Waals surface area contributed by atoms with Crippen molar-refractivity contribution in [2.45, 2.75) is 32.3 Å². The summed E-state index contributed by atoms with van der Waals surface area (Å²) in [6, 6.07) is 0. The van der Waals surface area contributed by atoms with Crippen molar-refractivity contribution < 1.29 is 9.90 Å². The number of hydrogen-bond acceptors (Lipinski definition) is 2. The molecule has 3 unspecified atom stereocenters. The first-order valence-electron chi connectivity index (χ1n) is 5.10. The summed E-state index contributed by atoms with van der Waals surface area (Å²) in [7, 11) is 0. The third-order valence-corrected chi connectivity index (χ3v) is 3.47. The van der Waals surface area contributed by atoms with E-state index in [-0.39, 0.29) is 12.0 Å². The van der Waals surface area contributed by atoms with E-state index >= 15 is 0 Å². The molecule has 0 bridgehead atoms. The standard InChI is InChI=1S/C10H17NO2/c1-7(12)11-5-8-2-3-10(13)4-9(8)6-11/h8-10,13H,2-6H2,1H3. The molecule has 0 spiro atoms. The lowest BCUT2D eigenvalue weighted by molar-refractivity contribution is -0.128. The molecule has 1 heterocycles. The van der Waals surface area contributed by atoms with Crippen molar-refractivity contribution >= 4 is 5.91 Å². The number of likely N-dealkylation sites (tertiary alicyclic amines) is 1. The van der Waals surface area contributed by atoms with Gasteiger partial charge in [0.1, 0.15) is 0 Å². The van der Waals surface area contributed by atoms with Crippen LogP contribution in [0.3, 0.4) is 0 Å². The highest BCUT2D eigenvalue weighted by Crippen LogP contribution is 2.36. The summed E-state index contributed by atoms with van der Waals surface area (Å²) in [5, 5.41) is 9.48. The minimum Gasteiger partial charge on any atom is -0.393 e. The van der Waals surface area contributed by atoms with Crippen molar-refractivity contribution in [3.05, 3.63) is 0 Å². The van der Waals surface area contributed by atoms with Gasteiger partial charge in [-0.05, 0) is 31.1 Å². The number of carbonyl (C=O) groups is 1. The van der Waals surface area contributed by atoms with Crippen molar-refractivity contribution in [3.63, 3.8) is 0 Å². The number of hydrogen-bond donors (Lipinski definition) is 1. The number of aliphatic hydroxyl groups is 1. The van der Waals surface area contributed by atoms with E-state index in [2.05, 4.69) is 0 Å². The molecule has 1 aliphatic heterocycles. The van der Waals surface area contributed by atoms with E-state index in [9.17, 15) is 9.90 Å². The topological polar surface area (TPSA) is 40.5 Å². The Morgan fingerprint density at radius 1 is 1.31 bits per heavy atom. The van der Waals surface area contributed by atoms with Crippen LogP contribution in [-0.2, 0) is 4.79 Å². The molecular formula is C10H17NO2. The molecule has 3 nitrogen and oxygen atoms in total. The molecule has 0 aromatic rings. The smallest absolute Gasteiger partial charge is 0.219 e. The average Bonchev–Trinajstić information content (AvgIpc) is 2.46. The van der Waals surface area contributed by atoms with Crippen LogP contribution in [0.4, 0.5) is 0 Å². The number of fused-ring (bicyclic) bond motifs is 1. The molecule has 2 rings (SSSR count). The fourth-order valence-electron chi connectivity index (χ4n) is 2.66. The van der Waals surface area contributed by atoms with E-state index in [1.165, 1.54) is 0 Å². The first kappa shape index (κ1) is 9.00. The van der Waals surface area contributed by atoms with Gasteiger partial charge in [-0.1, -0.05) is 0 Å². The van der Waals surface area contributed by atoms with E-state index in [1.54, 1.807) is 6.92 Å². The molecule has 13 heavy (non-hydrogen) atoms. The number of rotatable bonds is 0. The average molecular weight is 183 g/mol. The van der Waals surface area contributed by atoms with Gasteiger partial charge in [0.25, 0.3) is 0 Å². The maximum absolute atomic E-state index is 11.1. The van der Waals surface area contributed by atoms with E-state index < -0.39 is 0 Å². The SMILES string of the molecule is CC(=O)N1CC2CCC(O)CC2C1. The summed E-state index contributed by atoms with van der Waals surface area (Å²) in [5.41, 5.74) is 0. The molecule has 0 aromatic heterocycles. The largest absolute Gasteiger partial charge is 0.393 e. The van der Waals surface area contributed by atoms with Gasteiger partial charge >= 0.3 is 0 Å². The summed E-state index contributed by atoms with van der Waals surface area (Å²) in [4.78, 5) is 13.1. The van der Waals surface area contributed by atoms with Gasteiger partial charge in [-0.2, -0.15) is 0 Å². The number of carbonyl (C=O) groups excluding carboxylic acids is 1. The molecule has 3 atom stereocenters. The third-order valence-electron chi connectivity index (χ3n) is 3.47. The minimum atomic E-state index is -0.117. The summed E-state index contributed by atoms with van der Waals surface area (Å²) in [6.45, 7) is 3.43. The molecule has 3 heteroatoms. The Morgan fingerprint density at radius 3 is 2.69 bits per heavy atom. The van der Waals surface area contributed by atoms with E-state index in [1.807, 2.05) is 4.90 Å². The highest BCUT2D eigenvalue weighted by Gasteiger charge is 2.37. The lowest BCUT2D eigenvalue weighted by atomic mass is 9.80. The second-order valence-electron chi connectivity index (χ2n) is 4.41. The van der Waals surface area contributed by atoms with Crippen LogP contribution in [0.5, 0.6) is 0 Å². The molecule has 74 valence electrons. The Kier molecular flexibility index (Phi) is 2.28. The van der Waals surface area contributed by atoms with E-state index in [4.69, 9.17) is 0 Å². The lowest BCUT2D eigenvalue weighted by Gasteiger charge is -2.27. The van der Waals surface area contributed by atoms with Crippen LogP contribution in [0.1, 0.15) is 26.2 Å². The van der Waals surface area contributed by atoms with Gasteiger partial charge in [-0.3, -0.25) is 4.79 Å². The van der Waals surface area contributed by atoms with Crippen LogP contribution in [0.25, 0.3) is 0 Å². The quantitative estimate of drug-likeness (QED) is 0.598. The van der Waals surface area contributed by atoms with E-state index in [0.29, 0.717) is 11.8 Å². The molecule has 0 aromatic carbocycles. The van der Waals surface area contributed by atoms with Crippen molar-refractivity contribution in [1.29, 1.82) is 0 Å². The van der Waals surface area contributed by atoms with Gasteiger partial charge in [-0.15, -0.1) is 0 Å². The van der Waals surface area contributed by atoms with Crippen LogP contribution in [0.15, 0.2) is 0 Å². The van der Waals surface area contributed by atoms with Crippen LogP contribution in [-0.4, -0.2) is 35.1 Å². The van der Waals surface area contributed by atoms with E-state index in [0.717, 1.165) is 32.4 Å². The van der Waals surface area contributed by atoms with Gasteiger partial charge in [-0.25, -0.2) is 0 Å². The molecule has 1 saturated carbocycles. The van der Waals surface area contributed by atoms with Gasteiger partial charge in [0.2, 0.25) is 5.91 Å². The molecule has 1 aliphatic carbocycles. The molecule has 0 radical (unpaired) electrons. The molecule has 1 saturated heterocycles. The molecular weight excluding hydrogens is 166 g/mol. The fourth-order valence-corrected chi connectivity index (χ4v) is 2.66. The predicted octanol–water partition coefficient (Wildman–Crippen LogP) is 0.626. The third kappa shape index (κ3) is 1.70. The normalized spacial score (nSPS) is 38.9. The second-order valence-corrected chi connectivity index (χ2v) is 4.41. The fraction of sp³-hybridized carbons (Fsp3) is 0.900. The van der Waals surface area contributed by atoms with Crippen molar-refractivity contribution in [2.24, 2.45) is 11.8 Å². The number of amides is 1. The lowest BCUT2D eigenvalue weighted by Crippen LogP contribution is -2.26. The summed E-state index contributed by atoms with van der Waals surface area (Å²) >= 11 is 0. The Bertz CT molecular complexity index is 217. The van der Waals surface area contributed by atoms with Crippen LogP contribution in [0.2, 0.25) is 0 Å². The summed E-state index contributed by atoms with van der Waals surface area (Å²) < 4.78 is 0. The molecule has 1 N–H and O–H groups in total. The van der Waals surface area contributed by atoms with Crippen molar-refractivity contribution in [1.82, 2.24) is 4.90 Å². The number of aliphatic hydroxyl groups excluding tert-OH is 1. The zero-order valence-corrected chi connectivity index (χ0v) is 8.07. The van der Waals surface area contributed by atoms with Gasteiger partial charge in [0, 0.05) is 20.0 Å². The Labute approximate surface area is 78.7 Å². The van der Waals surface area contributed by atoms with Crippen molar-refractivity contribution in [3.8, 4) is 0 Å². The van der Waals surface area contributed by atoms with Crippen molar-refractivity contribution in [2.75, 3.05) is 13.1 Å². The predicted molar refractivity (Wildman–Crippen MR) is 49.1 cm³/mol. The highest BCUT2D eigenvalue weighted by molar-refractivity contribution is 5.73. The Morgan fingerprint density at radius 2 is 2.00 bits per heavy atom.